The molecular formula is C15H16Cl2N2O4. The van der Waals surface area contributed by atoms with E-state index in [1.807, 2.05) is 0 Å². The highest BCUT2D eigenvalue weighted by Gasteiger charge is 2.32. The van der Waals surface area contributed by atoms with Gasteiger partial charge in [-0.25, -0.2) is 9.59 Å². The van der Waals surface area contributed by atoms with Gasteiger partial charge in [0.25, 0.3) is 0 Å². The summed E-state index contributed by atoms with van der Waals surface area (Å²) in [5.74, 6) is -0.539. The average Bonchev–Trinajstić information content (AvgIpc) is 2.49. The van der Waals surface area contributed by atoms with Gasteiger partial charge in [0.15, 0.2) is 0 Å². The van der Waals surface area contributed by atoms with Crippen molar-refractivity contribution in [1.29, 1.82) is 0 Å². The van der Waals surface area contributed by atoms with Crippen molar-refractivity contribution in [2.24, 2.45) is 0 Å². The number of esters is 1. The Balaban J connectivity index is 2.33. The molecule has 1 aliphatic rings. The maximum Gasteiger partial charge on any atom is 0.338 e. The SMILES string of the molecule is COCCOC(=O)C1=C(C)NC(=O)NC1c1ccc(Cl)c(Cl)c1. The zero-order valence-corrected chi connectivity index (χ0v) is 14.1. The lowest BCUT2D eigenvalue weighted by Gasteiger charge is -2.28. The van der Waals surface area contributed by atoms with Crippen LogP contribution in [0.4, 0.5) is 4.79 Å². The van der Waals surface area contributed by atoms with E-state index in [1.54, 1.807) is 25.1 Å². The predicted octanol–water partition coefficient (Wildman–Crippen LogP) is 2.81. The Labute approximate surface area is 143 Å². The van der Waals surface area contributed by atoms with Crippen LogP contribution in [0.2, 0.25) is 10.0 Å². The molecule has 2 rings (SSSR count). The summed E-state index contributed by atoms with van der Waals surface area (Å²) in [6.07, 6.45) is 0. The molecule has 0 aliphatic carbocycles. The molecule has 1 aromatic carbocycles. The normalized spacial score (nSPS) is 17.6. The van der Waals surface area contributed by atoms with Crippen LogP contribution >= 0.6 is 23.2 Å². The number of ether oxygens (including phenoxy) is 2. The summed E-state index contributed by atoms with van der Waals surface area (Å²) < 4.78 is 10.0. The van der Waals surface area contributed by atoms with E-state index in [0.29, 0.717) is 26.9 Å². The minimum atomic E-state index is -0.673. The monoisotopic (exact) mass is 358 g/mol. The van der Waals surface area contributed by atoms with E-state index in [9.17, 15) is 9.59 Å². The number of benzene rings is 1. The highest BCUT2D eigenvalue weighted by molar-refractivity contribution is 6.42. The van der Waals surface area contributed by atoms with Gasteiger partial charge >= 0.3 is 12.0 Å². The van der Waals surface area contributed by atoms with Crippen molar-refractivity contribution in [2.75, 3.05) is 20.3 Å². The van der Waals surface area contributed by atoms with Crippen LogP contribution in [0.25, 0.3) is 0 Å². The molecule has 1 aromatic rings. The topological polar surface area (TPSA) is 76.7 Å². The number of hydrogen-bond donors (Lipinski definition) is 2. The minimum absolute atomic E-state index is 0.119. The molecule has 23 heavy (non-hydrogen) atoms. The number of halogens is 2. The van der Waals surface area contributed by atoms with Crippen molar-refractivity contribution in [3.63, 3.8) is 0 Å². The van der Waals surface area contributed by atoms with Crippen molar-refractivity contribution in [3.8, 4) is 0 Å². The van der Waals surface area contributed by atoms with Crippen molar-refractivity contribution in [1.82, 2.24) is 10.6 Å². The largest absolute Gasteiger partial charge is 0.460 e. The van der Waals surface area contributed by atoms with Gasteiger partial charge in [0.2, 0.25) is 0 Å². The molecule has 1 unspecified atom stereocenters. The quantitative estimate of drug-likeness (QED) is 0.626. The van der Waals surface area contributed by atoms with Crippen LogP contribution in [0.1, 0.15) is 18.5 Å². The first kappa shape index (κ1) is 17.6. The molecule has 1 atom stereocenters. The van der Waals surface area contributed by atoms with Crippen LogP contribution in [-0.2, 0) is 14.3 Å². The van der Waals surface area contributed by atoms with Gasteiger partial charge in [-0.15, -0.1) is 0 Å². The third-order valence-corrected chi connectivity index (χ3v) is 4.03. The summed E-state index contributed by atoms with van der Waals surface area (Å²) in [6.45, 7) is 2.04. The highest BCUT2D eigenvalue weighted by Crippen LogP contribution is 2.31. The molecule has 0 bridgehead atoms. The number of nitrogens with one attached hydrogen (secondary N) is 2. The zero-order valence-electron chi connectivity index (χ0n) is 12.6. The van der Waals surface area contributed by atoms with Crippen molar-refractivity contribution >= 4 is 35.2 Å². The lowest BCUT2D eigenvalue weighted by Crippen LogP contribution is -2.45. The molecule has 0 aromatic heterocycles. The van der Waals surface area contributed by atoms with Gasteiger partial charge in [-0.3, -0.25) is 0 Å². The lowest BCUT2D eigenvalue weighted by molar-refractivity contribution is -0.140. The molecule has 0 saturated carbocycles. The maximum absolute atomic E-state index is 12.3. The Bertz CT molecular complexity index is 661. The highest BCUT2D eigenvalue weighted by atomic mass is 35.5. The van der Waals surface area contributed by atoms with Crippen molar-refractivity contribution in [2.45, 2.75) is 13.0 Å². The van der Waals surface area contributed by atoms with E-state index in [0.717, 1.165) is 0 Å². The fraction of sp³-hybridized carbons (Fsp3) is 0.333. The second-order valence-electron chi connectivity index (χ2n) is 4.87. The number of urea groups is 1. The Morgan fingerprint density at radius 1 is 1.26 bits per heavy atom. The Kier molecular flexibility index (Phi) is 5.87. The molecule has 1 heterocycles. The third kappa shape index (κ3) is 4.16. The molecule has 0 saturated heterocycles. The number of carbonyl (C=O) groups excluding carboxylic acids is 2. The number of hydrogen-bond acceptors (Lipinski definition) is 4. The van der Waals surface area contributed by atoms with E-state index in [1.165, 1.54) is 7.11 Å². The summed E-state index contributed by atoms with van der Waals surface area (Å²) in [5.41, 5.74) is 1.36. The van der Waals surface area contributed by atoms with Crippen LogP contribution in [-0.4, -0.2) is 32.3 Å². The van der Waals surface area contributed by atoms with E-state index in [4.69, 9.17) is 32.7 Å². The van der Waals surface area contributed by atoms with Crippen molar-refractivity contribution in [3.05, 3.63) is 45.1 Å². The number of allylic oxidation sites excluding steroid dienone is 1. The van der Waals surface area contributed by atoms with E-state index in [2.05, 4.69) is 10.6 Å². The van der Waals surface area contributed by atoms with Crippen molar-refractivity contribution < 1.29 is 19.1 Å². The van der Waals surface area contributed by atoms with Gasteiger partial charge in [-0.05, 0) is 24.6 Å². The second kappa shape index (κ2) is 7.68. The van der Waals surface area contributed by atoms with E-state index < -0.39 is 18.0 Å². The summed E-state index contributed by atoms with van der Waals surface area (Å²) >= 11 is 11.9. The van der Waals surface area contributed by atoms with Gasteiger partial charge in [0.1, 0.15) is 6.61 Å². The number of amides is 2. The zero-order chi connectivity index (χ0) is 17.0. The first-order valence-electron chi connectivity index (χ1n) is 6.83. The summed E-state index contributed by atoms with van der Waals surface area (Å²) in [6, 6.07) is 3.83. The van der Waals surface area contributed by atoms with Crippen LogP contribution in [0.15, 0.2) is 29.5 Å². The van der Waals surface area contributed by atoms with Crippen LogP contribution < -0.4 is 10.6 Å². The molecule has 0 spiro atoms. The molecule has 124 valence electrons. The third-order valence-electron chi connectivity index (χ3n) is 3.29. The molecule has 0 radical (unpaired) electrons. The second-order valence-corrected chi connectivity index (χ2v) is 5.69. The summed E-state index contributed by atoms with van der Waals surface area (Å²) in [5, 5.41) is 5.98. The maximum atomic E-state index is 12.3. The molecular weight excluding hydrogens is 343 g/mol. The first-order chi connectivity index (χ1) is 10.9. The fourth-order valence-electron chi connectivity index (χ4n) is 2.20. The molecule has 6 nitrogen and oxygen atoms in total. The summed E-state index contributed by atoms with van der Waals surface area (Å²) in [7, 11) is 1.51. The van der Waals surface area contributed by atoms with E-state index >= 15 is 0 Å². The minimum Gasteiger partial charge on any atom is -0.460 e. The Morgan fingerprint density at radius 3 is 2.65 bits per heavy atom. The van der Waals surface area contributed by atoms with Gasteiger partial charge in [-0.2, -0.15) is 0 Å². The average molecular weight is 359 g/mol. The molecule has 0 fully saturated rings. The number of methoxy groups -OCH3 is 1. The van der Waals surface area contributed by atoms with Crippen LogP contribution in [0, 0.1) is 0 Å². The molecule has 2 amide bonds. The Morgan fingerprint density at radius 2 is 2.00 bits per heavy atom. The van der Waals surface area contributed by atoms with E-state index in [-0.39, 0.29) is 13.2 Å². The predicted molar refractivity (Wildman–Crippen MR) is 86.4 cm³/mol. The fourth-order valence-corrected chi connectivity index (χ4v) is 2.51. The number of rotatable bonds is 5. The van der Waals surface area contributed by atoms with Gasteiger partial charge in [-0.1, -0.05) is 29.3 Å². The first-order valence-corrected chi connectivity index (χ1v) is 7.59. The van der Waals surface area contributed by atoms with Crippen LogP contribution in [0.5, 0.6) is 0 Å². The molecule has 2 N–H and O–H groups in total. The standard InChI is InChI=1S/C15H16Cl2N2O4/c1-8-12(14(20)23-6-5-22-2)13(19-15(21)18-8)9-3-4-10(16)11(17)7-9/h3-4,7,13H,5-6H2,1-2H3,(H2,18,19,21). The van der Waals surface area contributed by atoms with Crippen LogP contribution in [0.3, 0.4) is 0 Å². The van der Waals surface area contributed by atoms with Gasteiger partial charge in [0, 0.05) is 12.8 Å². The smallest absolute Gasteiger partial charge is 0.338 e. The molecule has 8 heteroatoms. The summed E-state index contributed by atoms with van der Waals surface area (Å²) in [4.78, 5) is 24.1. The Hall–Kier alpha value is -1.76. The van der Waals surface area contributed by atoms with Gasteiger partial charge < -0.3 is 20.1 Å². The lowest BCUT2D eigenvalue weighted by atomic mass is 9.95. The van der Waals surface area contributed by atoms with Gasteiger partial charge in [0.05, 0.1) is 28.3 Å². The number of carbonyl (C=O) groups is 2. The molecule has 1 aliphatic heterocycles.